The Balaban J connectivity index is 2.60. The minimum atomic E-state index is -0.148. The number of nitrogens with zero attached hydrogens (tertiary/aromatic N) is 4. The van der Waals surface area contributed by atoms with Gasteiger partial charge in [0.25, 0.3) is 0 Å². The summed E-state index contributed by atoms with van der Waals surface area (Å²) in [6, 6.07) is 0. The monoisotopic (exact) mass is 340 g/mol. The summed E-state index contributed by atoms with van der Waals surface area (Å²) in [5, 5.41) is 0.374. The summed E-state index contributed by atoms with van der Waals surface area (Å²) in [6.45, 7) is 8.13. The van der Waals surface area contributed by atoms with Crippen LogP contribution in [-0.4, -0.2) is 19.9 Å². The molecule has 0 aliphatic heterocycles. The highest BCUT2D eigenvalue weighted by atomic mass is 79.9. The Kier molecular flexibility index (Phi) is 3.87. The topological polar surface area (TPSA) is 51.6 Å². The van der Waals surface area contributed by atoms with Crippen LogP contribution in [0.4, 0.5) is 0 Å². The molecule has 0 N–H and O–H groups in total. The fourth-order valence-electron chi connectivity index (χ4n) is 1.52. The zero-order valence-corrected chi connectivity index (χ0v) is 13.5. The number of rotatable bonds is 1. The van der Waals surface area contributed by atoms with E-state index in [4.69, 9.17) is 11.6 Å². The van der Waals surface area contributed by atoms with E-state index >= 15 is 0 Å². The van der Waals surface area contributed by atoms with Crippen molar-refractivity contribution in [3.8, 4) is 11.6 Å². The molecule has 0 unspecified atom stereocenters. The van der Waals surface area contributed by atoms with Crippen molar-refractivity contribution in [2.45, 2.75) is 33.1 Å². The third kappa shape index (κ3) is 3.09. The molecule has 0 aromatic carbocycles. The van der Waals surface area contributed by atoms with Crippen molar-refractivity contribution in [1.29, 1.82) is 0 Å². The molecule has 2 heterocycles. The van der Waals surface area contributed by atoms with E-state index in [2.05, 4.69) is 56.6 Å². The summed E-state index contributed by atoms with van der Waals surface area (Å²) < 4.78 is 0.720. The first-order valence-corrected chi connectivity index (χ1v) is 6.98. The molecular formula is C13H14BrClN4. The Morgan fingerprint density at radius 3 is 2.16 bits per heavy atom. The maximum Gasteiger partial charge on any atom is 0.199 e. The van der Waals surface area contributed by atoms with Crippen LogP contribution in [-0.2, 0) is 5.41 Å². The molecule has 2 aromatic heterocycles. The Bertz CT molecular complexity index is 605. The molecule has 0 amide bonds. The molecule has 2 rings (SSSR count). The van der Waals surface area contributed by atoms with Gasteiger partial charge in [-0.2, -0.15) is 0 Å². The Morgan fingerprint density at radius 1 is 1.05 bits per heavy atom. The molecule has 19 heavy (non-hydrogen) atoms. The smallest absolute Gasteiger partial charge is 0.199 e. The largest absolute Gasteiger partial charge is 0.234 e. The van der Waals surface area contributed by atoms with Crippen molar-refractivity contribution >= 4 is 27.5 Å². The lowest BCUT2D eigenvalue weighted by Crippen LogP contribution is -2.16. The second kappa shape index (κ2) is 5.13. The van der Waals surface area contributed by atoms with E-state index in [1.807, 2.05) is 6.92 Å². The quantitative estimate of drug-likeness (QED) is 0.737. The minimum absolute atomic E-state index is 0.148. The molecule has 0 aliphatic carbocycles. The van der Waals surface area contributed by atoms with E-state index in [-0.39, 0.29) is 5.41 Å². The van der Waals surface area contributed by atoms with E-state index in [1.54, 1.807) is 12.4 Å². The molecule has 0 radical (unpaired) electrons. The Morgan fingerprint density at radius 2 is 1.63 bits per heavy atom. The highest BCUT2D eigenvalue weighted by Crippen LogP contribution is 2.33. The van der Waals surface area contributed by atoms with Crippen LogP contribution in [0.3, 0.4) is 0 Å². The first-order chi connectivity index (χ1) is 8.79. The van der Waals surface area contributed by atoms with Crippen molar-refractivity contribution in [3.63, 3.8) is 0 Å². The summed E-state index contributed by atoms with van der Waals surface area (Å²) >= 11 is 9.59. The molecule has 0 atom stereocenters. The van der Waals surface area contributed by atoms with Crippen LogP contribution >= 0.6 is 27.5 Å². The van der Waals surface area contributed by atoms with Gasteiger partial charge >= 0.3 is 0 Å². The van der Waals surface area contributed by atoms with Crippen molar-refractivity contribution < 1.29 is 0 Å². The number of hydrogen-bond donors (Lipinski definition) is 0. The lowest BCUT2D eigenvalue weighted by atomic mass is 9.92. The van der Waals surface area contributed by atoms with Crippen LogP contribution in [0.5, 0.6) is 0 Å². The second-order valence-electron chi connectivity index (χ2n) is 5.33. The Hall–Kier alpha value is -1.07. The number of aryl methyl sites for hydroxylation is 1. The fourth-order valence-corrected chi connectivity index (χ4v) is 2.47. The van der Waals surface area contributed by atoms with Crippen molar-refractivity contribution in [2.24, 2.45) is 0 Å². The van der Waals surface area contributed by atoms with Gasteiger partial charge < -0.3 is 0 Å². The highest BCUT2D eigenvalue weighted by Gasteiger charge is 2.23. The van der Waals surface area contributed by atoms with Crippen LogP contribution in [0.15, 0.2) is 16.9 Å². The lowest BCUT2D eigenvalue weighted by Gasteiger charge is -2.20. The molecule has 0 fully saturated rings. The average Bonchev–Trinajstić information content (AvgIpc) is 2.32. The summed E-state index contributed by atoms with van der Waals surface area (Å²) in [5.74, 6) is 0.920. The highest BCUT2D eigenvalue weighted by molar-refractivity contribution is 9.10. The average molecular weight is 342 g/mol. The maximum absolute atomic E-state index is 6.15. The first-order valence-electron chi connectivity index (χ1n) is 5.81. The van der Waals surface area contributed by atoms with Gasteiger partial charge in [0.2, 0.25) is 0 Å². The van der Waals surface area contributed by atoms with Crippen molar-refractivity contribution in [1.82, 2.24) is 19.9 Å². The first kappa shape index (κ1) is 14.3. The predicted octanol–water partition coefficient (Wildman–Crippen LogP) is 3.96. The van der Waals surface area contributed by atoms with Gasteiger partial charge in [-0.3, -0.25) is 0 Å². The van der Waals surface area contributed by atoms with E-state index in [1.165, 1.54) is 0 Å². The van der Waals surface area contributed by atoms with Crippen LogP contribution in [0.25, 0.3) is 11.6 Å². The fraction of sp³-hybridized carbons (Fsp3) is 0.385. The molecule has 100 valence electrons. The van der Waals surface area contributed by atoms with E-state index in [0.29, 0.717) is 16.8 Å². The van der Waals surface area contributed by atoms with Gasteiger partial charge in [-0.1, -0.05) is 32.4 Å². The van der Waals surface area contributed by atoms with Crippen LogP contribution in [0, 0.1) is 6.92 Å². The standard InChI is InChI=1S/C13H14BrClN4/c1-7-5-16-11(17-6-7)12-18-9(13(2,3)4)8(14)10(15)19-12/h5-6H,1-4H3. The van der Waals surface area contributed by atoms with Gasteiger partial charge in [0.05, 0.1) is 10.2 Å². The molecular weight excluding hydrogens is 328 g/mol. The number of aromatic nitrogens is 4. The second-order valence-corrected chi connectivity index (χ2v) is 6.49. The van der Waals surface area contributed by atoms with Gasteiger partial charge in [-0.25, -0.2) is 19.9 Å². The molecule has 0 saturated carbocycles. The number of hydrogen-bond acceptors (Lipinski definition) is 4. The van der Waals surface area contributed by atoms with E-state index < -0.39 is 0 Å². The summed E-state index contributed by atoms with van der Waals surface area (Å²) in [5.41, 5.74) is 1.68. The van der Waals surface area contributed by atoms with E-state index in [9.17, 15) is 0 Å². The maximum atomic E-state index is 6.15. The van der Waals surface area contributed by atoms with Crippen LogP contribution in [0.2, 0.25) is 5.15 Å². The van der Waals surface area contributed by atoms with Gasteiger partial charge in [-0.05, 0) is 28.4 Å². The summed E-state index contributed by atoms with van der Waals surface area (Å²) in [4.78, 5) is 17.2. The van der Waals surface area contributed by atoms with E-state index in [0.717, 1.165) is 15.7 Å². The molecule has 0 aliphatic rings. The predicted molar refractivity (Wildman–Crippen MR) is 79.2 cm³/mol. The molecule has 2 aromatic rings. The summed E-state index contributed by atoms with van der Waals surface area (Å²) in [7, 11) is 0. The van der Waals surface area contributed by atoms with Crippen LogP contribution in [0.1, 0.15) is 32.0 Å². The molecule has 0 spiro atoms. The van der Waals surface area contributed by atoms with Crippen LogP contribution < -0.4 is 0 Å². The Labute approximate surface area is 125 Å². The van der Waals surface area contributed by atoms with Crippen molar-refractivity contribution in [2.75, 3.05) is 0 Å². The van der Waals surface area contributed by atoms with Gasteiger partial charge in [0.15, 0.2) is 11.6 Å². The molecule has 6 heteroatoms. The molecule has 0 bridgehead atoms. The normalized spacial score (nSPS) is 11.7. The molecule has 0 saturated heterocycles. The minimum Gasteiger partial charge on any atom is -0.234 e. The van der Waals surface area contributed by atoms with Crippen molar-refractivity contribution in [3.05, 3.63) is 33.3 Å². The SMILES string of the molecule is Cc1cnc(-c2nc(Cl)c(Br)c(C(C)(C)C)n2)nc1. The third-order valence-electron chi connectivity index (χ3n) is 2.50. The van der Waals surface area contributed by atoms with Gasteiger partial charge in [0, 0.05) is 17.8 Å². The summed E-state index contributed by atoms with van der Waals surface area (Å²) in [6.07, 6.45) is 3.47. The zero-order chi connectivity index (χ0) is 14.2. The molecule has 4 nitrogen and oxygen atoms in total. The lowest BCUT2D eigenvalue weighted by molar-refractivity contribution is 0.564. The van der Waals surface area contributed by atoms with Gasteiger partial charge in [0.1, 0.15) is 5.15 Å². The number of halogens is 2. The van der Waals surface area contributed by atoms with Gasteiger partial charge in [-0.15, -0.1) is 0 Å². The zero-order valence-electron chi connectivity index (χ0n) is 11.2. The third-order valence-corrected chi connectivity index (χ3v) is 3.76.